The molecule has 0 saturated carbocycles. The average Bonchev–Trinajstić information content (AvgIpc) is 2.16. The summed E-state index contributed by atoms with van der Waals surface area (Å²) in [6, 6.07) is 7.10. The number of nitriles is 1. The SMILES string of the molecule is CSc1cc(C#N)cc(C=O)c1. The van der Waals surface area contributed by atoms with E-state index in [2.05, 4.69) is 0 Å². The number of rotatable bonds is 2. The van der Waals surface area contributed by atoms with Crippen LogP contribution >= 0.6 is 11.8 Å². The molecule has 0 aliphatic carbocycles. The maximum absolute atomic E-state index is 10.4. The number of aldehydes is 1. The van der Waals surface area contributed by atoms with Gasteiger partial charge in [0.2, 0.25) is 0 Å². The zero-order valence-electron chi connectivity index (χ0n) is 6.57. The van der Waals surface area contributed by atoms with Crippen molar-refractivity contribution in [2.24, 2.45) is 0 Å². The Labute approximate surface area is 75.2 Å². The Hall–Kier alpha value is -1.27. The number of carbonyl (C=O) groups is 1. The summed E-state index contributed by atoms with van der Waals surface area (Å²) in [7, 11) is 0. The molecule has 0 aliphatic heterocycles. The van der Waals surface area contributed by atoms with Crippen LogP contribution in [0, 0.1) is 11.3 Å². The summed E-state index contributed by atoms with van der Waals surface area (Å²) in [4.78, 5) is 11.4. The summed E-state index contributed by atoms with van der Waals surface area (Å²) in [6.45, 7) is 0. The van der Waals surface area contributed by atoms with Crippen LogP contribution in [0.2, 0.25) is 0 Å². The van der Waals surface area contributed by atoms with Crippen LogP contribution < -0.4 is 0 Å². The second-order valence-electron chi connectivity index (χ2n) is 2.22. The Morgan fingerprint density at radius 1 is 1.50 bits per heavy atom. The largest absolute Gasteiger partial charge is 0.298 e. The van der Waals surface area contributed by atoms with E-state index in [9.17, 15) is 4.79 Å². The van der Waals surface area contributed by atoms with Crippen molar-refractivity contribution in [3.63, 3.8) is 0 Å². The molecule has 0 heterocycles. The summed E-state index contributed by atoms with van der Waals surface area (Å²) in [5.74, 6) is 0. The van der Waals surface area contributed by atoms with Gasteiger partial charge < -0.3 is 0 Å². The summed E-state index contributed by atoms with van der Waals surface area (Å²) in [6.07, 6.45) is 2.66. The summed E-state index contributed by atoms with van der Waals surface area (Å²) < 4.78 is 0. The first-order valence-electron chi connectivity index (χ1n) is 3.34. The molecule has 2 nitrogen and oxygen atoms in total. The first-order chi connectivity index (χ1) is 5.80. The van der Waals surface area contributed by atoms with Crippen molar-refractivity contribution in [1.29, 1.82) is 5.26 Å². The first-order valence-corrected chi connectivity index (χ1v) is 4.57. The molecule has 0 atom stereocenters. The fourth-order valence-corrected chi connectivity index (χ4v) is 1.37. The fraction of sp³-hybridized carbons (Fsp3) is 0.111. The van der Waals surface area contributed by atoms with Crippen LogP contribution in [0.5, 0.6) is 0 Å². The van der Waals surface area contributed by atoms with Crippen molar-refractivity contribution in [3.8, 4) is 6.07 Å². The van der Waals surface area contributed by atoms with Crippen LogP contribution in [0.25, 0.3) is 0 Å². The second kappa shape index (κ2) is 3.93. The Morgan fingerprint density at radius 3 is 2.75 bits per heavy atom. The molecule has 0 aliphatic rings. The molecule has 1 aromatic rings. The van der Waals surface area contributed by atoms with Crippen molar-refractivity contribution >= 4 is 18.0 Å². The molecule has 0 aromatic heterocycles. The quantitative estimate of drug-likeness (QED) is 0.513. The molecule has 3 heteroatoms. The lowest BCUT2D eigenvalue weighted by Crippen LogP contribution is -1.83. The average molecular weight is 177 g/mol. The van der Waals surface area contributed by atoms with Gasteiger partial charge in [0.1, 0.15) is 6.29 Å². The number of carbonyl (C=O) groups excluding carboxylic acids is 1. The molecule has 0 unspecified atom stereocenters. The molecule has 60 valence electrons. The normalized spacial score (nSPS) is 9.00. The van der Waals surface area contributed by atoms with Crippen LogP contribution in [0.1, 0.15) is 15.9 Å². The highest BCUT2D eigenvalue weighted by Gasteiger charge is 1.98. The number of hydrogen-bond acceptors (Lipinski definition) is 3. The molecular weight excluding hydrogens is 170 g/mol. The zero-order chi connectivity index (χ0) is 8.97. The predicted molar refractivity (Wildman–Crippen MR) is 48.3 cm³/mol. The third kappa shape index (κ3) is 1.86. The van der Waals surface area contributed by atoms with Gasteiger partial charge in [-0.25, -0.2) is 0 Å². The van der Waals surface area contributed by atoms with E-state index < -0.39 is 0 Å². The highest BCUT2D eigenvalue weighted by atomic mass is 32.2. The van der Waals surface area contributed by atoms with Crippen molar-refractivity contribution in [2.75, 3.05) is 6.26 Å². The lowest BCUT2D eigenvalue weighted by molar-refractivity contribution is 0.112. The van der Waals surface area contributed by atoms with Crippen LogP contribution in [-0.4, -0.2) is 12.5 Å². The molecule has 0 saturated heterocycles. The van der Waals surface area contributed by atoms with Gasteiger partial charge in [-0.3, -0.25) is 4.79 Å². The minimum Gasteiger partial charge on any atom is -0.298 e. The van der Waals surface area contributed by atoms with E-state index in [1.807, 2.05) is 12.3 Å². The van der Waals surface area contributed by atoms with E-state index in [1.54, 1.807) is 18.2 Å². The second-order valence-corrected chi connectivity index (χ2v) is 3.10. The molecule has 0 spiro atoms. The Morgan fingerprint density at radius 2 is 2.25 bits per heavy atom. The number of hydrogen-bond donors (Lipinski definition) is 0. The molecule has 1 rings (SSSR count). The van der Waals surface area contributed by atoms with Crippen molar-refractivity contribution in [2.45, 2.75) is 4.90 Å². The molecule has 0 amide bonds. The van der Waals surface area contributed by atoms with Gasteiger partial charge in [-0.1, -0.05) is 0 Å². The third-order valence-corrected chi connectivity index (χ3v) is 2.14. The molecular formula is C9H7NOS. The number of thioether (sulfide) groups is 1. The van der Waals surface area contributed by atoms with Crippen LogP contribution in [0.3, 0.4) is 0 Å². The molecule has 0 radical (unpaired) electrons. The molecule has 0 bridgehead atoms. The Bertz CT molecular complexity index is 341. The third-order valence-electron chi connectivity index (χ3n) is 1.43. The van der Waals surface area contributed by atoms with Gasteiger partial charge in [0.05, 0.1) is 11.6 Å². The topological polar surface area (TPSA) is 40.9 Å². The molecule has 0 fully saturated rings. The Kier molecular flexibility index (Phi) is 2.89. The summed E-state index contributed by atoms with van der Waals surface area (Å²) in [5, 5.41) is 8.60. The molecule has 1 aromatic carbocycles. The van der Waals surface area contributed by atoms with Crippen molar-refractivity contribution in [3.05, 3.63) is 29.3 Å². The van der Waals surface area contributed by atoms with E-state index in [-0.39, 0.29) is 0 Å². The van der Waals surface area contributed by atoms with E-state index in [4.69, 9.17) is 5.26 Å². The highest BCUT2D eigenvalue weighted by molar-refractivity contribution is 7.98. The zero-order valence-corrected chi connectivity index (χ0v) is 7.39. The predicted octanol–water partition coefficient (Wildman–Crippen LogP) is 2.09. The maximum Gasteiger partial charge on any atom is 0.150 e. The monoisotopic (exact) mass is 177 g/mol. The Balaban J connectivity index is 3.21. The van der Waals surface area contributed by atoms with E-state index >= 15 is 0 Å². The van der Waals surface area contributed by atoms with E-state index in [0.29, 0.717) is 11.1 Å². The maximum atomic E-state index is 10.4. The van der Waals surface area contributed by atoms with Gasteiger partial charge in [0, 0.05) is 10.5 Å². The van der Waals surface area contributed by atoms with Crippen molar-refractivity contribution < 1.29 is 4.79 Å². The van der Waals surface area contributed by atoms with E-state index in [0.717, 1.165) is 11.2 Å². The first kappa shape index (κ1) is 8.82. The van der Waals surface area contributed by atoms with Gasteiger partial charge in [-0.15, -0.1) is 11.8 Å². The van der Waals surface area contributed by atoms with Gasteiger partial charge in [0.15, 0.2) is 0 Å². The van der Waals surface area contributed by atoms with Crippen LogP contribution in [0.4, 0.5) is 0 Å². The number of benzene rings is 1. The van der Waals surface area contributed by atoms with Gasteiger partial charge in [0.25, 0.3) is 0 Å². The number of nitrogens with zero attached hydrogens (tertiary/aromatic N) is 1. The summed E-state index contributed by atoms with van der Waals surface area (Å²) >= 11 is 1.52. The van der Waals surface area contributed by atoms with E-state index in [1.165, 1.54) is 11.8 Å². The lowest BCUT2D eigenvalue weighted by Gasteiger charge is -1.97. The lowest BCUT2D eigenvalue weighted by atomic mass is 10.1. The van der Waals surface area contributed by atoms with Gasteiger partial charge >= 0.3 is 0 Å². The van der Waals surface area contributed by atoms with Crippen molar-refractivity contribution in [1.82, 2.24) is 0 Å². The minimum absolute atomic E-state index is 0.531. The standard InChI is InChI=1S/C9H7NOS/c1-12-9-3-7(5-10)2-8(4-9)6-11/h2-4,6H,1H3. The molecule has 12 heavy (non-hydrogen) atoms. The summed E-state index contributed by atoms with van der Waals surface area (Å²) in [5.41, 5.74) is 1.09. The van der Waals surface area contributed by atoms with Crippen LogP contribution in [-0.2, 0) is 0 Å². The minimum atomic E-state index is 0.531. The van der Waals surface area contributed by atoms with Gasteiger partial charge in [-0.2, -0.15) is 5.26 Å². The van der Waals surface area contributed by atoms with Gasteiger partial charge in [-0.05, 0) is 24.5 Å². The molecule has 0 N–H and O–H groups in total. The smallest absolute Gasteiger partial charge is 0.150 e. The fourth-order valence-electron chi connectivity index (χ4n) is 0.873. The van der Waals surface area contributed by atoms with Crippen LogP contribution in [0.15, 0.2) is 23.1 Å². The highest BCUT2D eigenvalue weighted by Crippen LogP contribution is 2.17.